The number of methoxy groups -OCH3 is 1. The summed E-state index contributed by atoms with van der Waals surface area (Å²) in [7, 11) is 1.56. The molecular weight excluding hydrogens is 224 g/mol. The van der Waals surface area contributed by atoms with Crippen LogP contribution in [0.3, 0.4) is 0 Å². The molecule has 1 aromatic rings. The monoisotopic (exact) mass is 240 g/mol. The Bertz CT molecular complexity index is 338. The molecule has 1 amide bonds. The van der Waals surface area contributed by atoms with Crippen molar-refractivity contribution in [1.29, 1.82) is 0 Å². The van der Waals surface area contributed by atoms with E-state index in [2.05, 4.69) is 24.1 Å². The van der Waals surface area contributed by atoms with E-state index in [0.29, 0.717) is 22.6 Å². The van der Waals surface area contributed by atoms with Crippen molar-refractivity contribution in [2.75, 3.05) is 18.2 Å². The molecule has 0 radical (unpaired) electrons. The number of thioether (sulfide) groups is 1. The summed E-state index contributed by atoms with van der Waals surface area (Å²) < 4.78 is 4.93. The number of ether oxygens (including phenoxy) is 1. The third-order valence-electron chi connectivity index (χ3n) is 1.78. The van der Waals surface area contributed by atoms with Gasteiger partial charge in [-0.2, -0.15) is 0 Å². The summed E-state index contributed by atoms with van der Waals surface area (Å²) in [6.07, 6.45) is 1.58. The average Bonchev–Trinajstić information content (AvgIpc) is 2.27. The molecule has 0 fully saturated rings. The number of nitrogens with zero attached hydrogens (tertiary/aromatic N) is 1. The quantitative estimate of drug-likeness (QED) is 0.857. The lowest BCUT2D eigenvalue weighted by molar-refractivity contribution is -0.113. The first-order valence-corrected chi connectivity index (χ1v) is 6.08. The van der Waals surface area contributed by atoms with Crippen molar-refractivity contribution < 1.29 is 9.53 Å². The molecule has 0 aliphatic carbocycles. The van der Waals surface area contributed by atoms with E-state index >= 15 is 0 Å². The lowest BCUT2D eigenvalue weighted by Crippen LogP contribution is -2.15. The van der Waals surface area contributed by atoms with Crippen molar-refractivity contribution in [3.05, 3.63) is 18.3 Å². The summed E-state index contributed by atoms with van der Waals surface area (Å²) in [6, 6.07) is 3.48. The molecule has 1 N–H and O–H groups in total. The number of rotatable bonds is 5. The fraction of sp³-hybridized carbons (Fsp3) is 0.455. The fourth-order valence-corrected chi connectivity index (χ4v) is 1.57. The molecule has 88 valence electrons. The maximum Gasteiger partial charge on any atom is 0.234 e. The minimum atomic E-state index is -0.00864. The van der Waals surface area contributed by atoms with Crippen molar-refractivity contribution >= 4 is 23.4 Å². The maximum absolute atomic E-state index is 11.5. The number of pyridine rings is 1. The van der Waals surface area contributed by atoms with Crippen molar-refractivity contribution in [2.45, 2.75) is 19.1 Å². The summed E-state index contributed by atoms with van der Waals surface area (Å²) in [5, 5.41) is 3.23. The van der Waals surface area contributed by atoms with E-state index in [9.17, 15) is 4.79 Å². The SMILES string of the molecule is COc1ccc(NC(=O)CSC(C)C)cn1. The second-order valence-corrected chi connectivity index (χ2v) is 5.06. The normalized spacial score (nSPS) is 10.2. The van der Waals surface area contributed by atoms with Crippen LogP contribution in [0.5, 0.6) is 5.88 Å². The summed E-state index contributed by atoms with van der Waals surface area (Å²) in [4.78, 5) is 15.5. The highest BCUT2D eigenvalue weighted by molar-refractivity contribution is 8.00. The average molecular weight is 240 g/mol. The Balaban J connectivity index is 2.43. The highest BCUT2D eigenvalue weighted by Crippen LogP contribution is 2.13. The molecule has 0 aliphatic rings. The van der Waals surface area contributed by atoms with Crippen molar-refractivity contribution in [2.24, 2.45) is 0 Å². The number of hydrogen-bond donors (Lipinski definition) is 1. The van der Waals surface area contributed by atoms with Crippen LogP contribution in [0.4, 0.5) is 5.69 Å². The highest BCUT2D eigenvalue weighted by Gasteiger charge is 2.04. The Morgan fingerprint density at radius 1 is 1.56 bits per heavy atom. The zero-order valence-electron chi connectivity index (χ0n) is 9.69. The highest BCUT2D eigenvalue weighted by atomic mass is 32.2. The Hall–Kier alpha value is -1.23. The van der Waals surface area contributed by atoms with Crippen molar-refractivity contribution in [3.8, 4) is 5.88 Å². The van der Waals surface area contributed by atoms with E-state index in [-0.39, 0.29) is 5.91 Å². The molecule has 5 heteroatoms. The van der Waals surface area contributed by atoms with Crippen LogP contribution < -0.4 is 10.1 Å². The van der Waals surface area contributed by atoms with E-state index in [1.54, 1.807) is 37.2 Å². The molecule has 0 unspecified atom stereocenters. The first kappa shape index (κ1) is 12.8. The van der Waals surface area contributed by atoms with Crippen LogP contribution in [0.1, 0.15) is 13.8 Å². The summed E-state index contributed by atoms with van der Waals surface area (Å²) in [5.74, 6) is 0.990. The van der Waals surface area contributed by atoms with Gasteiger partial charge in [-0.1, -0.05) is 13.8 Å². The number of carbonyl (C=O) groups is 1. The Labute approximate surface area is 99.8 Å². The van der Waals surface area contributed by atoms with Gasteiger partial charge in [0, 0.05) is 6.07 Å². The minimum absolute atomic E-state index is 0.00864. The third kappa shape index (κ3) is 4.53. The number of hydrogen-bond acceptors (Lipinski definition) is 4. The van der Waals surface area contributed by atoms with Gasteiger partial charge in [-0.05, 0) is 11.3 Å². The van der Waals surface area contributed by atoms with E-state index in [0.717, 1.165) is 0 Å². The smallest absolute Gasteiger partial charge is 0.234 e. The van der Waals surface area contributed by atoms with Gasteiger partial charge < -0.3 is 10.1 Å². The van der Waals surface area contributed by atoms with Crippen LogP contribution in [-0.4, -0.2) is 29.0 Å². The molecule has 0 saturated heterocycles. The van der Waals surface area contributed by atoms with Crippen LogP contribution in [0, 0.1) is 0 Å². The van der Waals surface area contributed by atoms with Crippen LogP contribution in [-0.2, 0) is 4.79 Å². The van der Waals surface area contributed by atoms with Gasteiger partial charge in [0.2, 0.25) is 11.8 Å². The van der Waals surface area contributed by atoms with E-state index in [1.807, 2.05) is 0 Å². The lowest BCUT2D eigenvalue weighted by Gasteiger charge is -2.06. The molecular formula is C11H16N2O2S. The number of nitrogens with one attached hydrogen (secondary N) is 1. The van der Waals surface area contributed by atoms with E-state index < -0.39 is 0 Å². The molecule has 1 rings (SSSR count). The second kappa shape index (κ2) is 6.37. The molecule has 0 aromatic carbocycles. The van der Waals surface area contributed by atoms with E-state index in [4.69, 9.17) is 4.74 Å². The Kier molecular flexibility index (Phi) is 5.11. The topological polar surface area (TPSA) is 51.2 Å². The molecule has 16 heavy (non-hydrogen) atoms. The molecule has 0 spiro atoms. The van der Waals surface area contributed by atoms with Crippen LogP contribution >= 0.6 is 11.8 Å². The molecule has 0 saturated carbocycles. The van der Waals surface area contributed by atoms with Crippen LogP contribution in [0.15, 0.2) is 18.3 Å². The molecule has 0 atom stereocenters. The Morgan fingerprint density at radius 3 is 2.81 bits per heavy atom. The second-order valence-electron chi connectivity index (χ2n) is 3.50. The van der Waals surface area contributed by atoms with Crippen LogP contribution in [0.25, 0.3) is 0 Å². The maximum atomic E-state index is 11.5. The summed E-state index contributed by atoms with van der Waals surface area (Å²) in [6.45, 7) is 4.12. The van der Waals surface area contributed by atoms with Gasteiger partial charge in [0.1, 0.15) is 0 Å². The third-order valence-corrected chi connectivity index (χ3v) is 2.87. The van der Waals surface area contributed by atoms with Gasteiger partial charge in [-0.25, -0.2) is 4.98 Å². The van der Waals surface area contributed by atoms with E-state index in [1.165, 1.54) is 0 Å². The number of amides is 1. The zero-order chi connectivity index (χ0) is 12.0. The molecule has 0 bridgehead atoms. The van der Waals surface area contributed by atoms with Crippen LogP contribution in [0.2, 0.25) is 0 Å². The fourth-order valence-electron chi connectivity index (χ4n) is 1.01. The molecule has 0 aliphatic heterocycles. The number of carbonyl (C=O) groups excluding carboxylic acids is 1. The standard InChI is InChI=1S/C11H16N2O2S/c1-8(2)16-7-10(14)13-9-4-5-11(15-3)12-6-9/h4-6,8H,7H2,1-3H3,(H,13,14). The predicted octanol–water partition coefficient (Wildman–Crippen LogP) is 2.17. The molecule has 1 heterocycles. The van der Waals surface area contributed by atoms with Crippen molar-refractivity contribution in [1.82, 2.24) is 4.98 Å². The Morgan fingerprint density at radius 2 is 2.31 bits per heavy atom. The van der Waals surface area contributed by atoms with Gasteiger partial charge in [-0.3, -0.25) is 4.79 Å². The van der Waals surface area contributed by atoms with Gasteiger partial charge >= 0.3 is 0 Å². The van der Waals surface area contributed by atoms with Gasteiger partial charge in [0.25, 0.3) is 0 Å². The minimum Gasteiger partial charge on any atom is -0.481 e. The summed E-state index contributed by atoms with van der Waals surface area (Å²) >= 11 is 1.61. The van der Waals surface area contributed by atoms with Gasteiger partial charge in [-0.15, -0.1) is 11.8 Å². The number of anilines is 1. The first-order chi connectivity index (χ1) is 7.61. The zero-order valence-corrected chi connectivity index (χ0v) is 10.5. The van der Waals surface area contributed by atoms with Gasteiger partial charge in [0.15, 0.2) is 0 Å². The molecule has 4 nitrogen and oxygen atoms in total. The van der Waals surface area contributed by atoms with Gasteiger partial charge in [0.05, 0.1) is 24.7 Å². The first-order valence-electron chi connectivity index (χ1n) is 5.03. The lowest BCUT2D eigenvalue weighted by atomic mass is 10.4. The number of aromatic nitrogens is 1. The summed E-state index contributed by atoms with van der Waals surface area (Å²) in [5.41, 5.74) is 0.690. The predicted molar refractivity (Wildman–Crippen MR) is 67.0 cm³/mol. The molecule has 1 aromatic heterocycles. The van der Waals surface area contributed by atoms with Crippen molar-refractivity contribution in [3.63, 3.8) is 0 Å². The largest absolute Gasteiger partial charge is 0.481 e.